The van der Waals surface area contributed by atoms with Crippen LogP contribution < -0.4 is 4.90 Å². The molecule has 1 aliphatic heterocycles. The number of hydrogen-bond acceptors (Lipinski definition) is 4. The molecule has 2 aromatic heterocycles. The number of rotatable bonds is 4. The van der Waals surface area contributed by atoms with Gasteiger partial charge in [0.1, 0.15) is 11.5 Å². The van der Waals surface area contributed by atoms with Crippen molar-refractivity contribution < 1.29 is 4.79 Å². The van der Waals surface area contributed by atoms with Crippen LogP contribution in [-0.2, 0) is 0 Å². The van der Waals surface area contributed by atoms with E-state index in [1.165, 1.54) is 0 Å². The molecule has 1 atom stereocenters. The van der Waals surface area contributed by atoms with Crippen molar-refractivity contribution in [2.45, 2.75) is 38.8 Å². The standard InChI is InChI=1S/C18H25N5O/c1-14(2)23-16(9-11-20-23)18(24)21(3)15-7-6-12-22(13-15)17-8-4-5-10-19-17/h4-5,8-11,14-15H,6-7,12-13H2,1-3H3/t15-/m1/s1. The van der Waals surface area contributed by atoms with Gasteiger partial charge in [0.15, 0.2) is 0 Å². The molecule has 0 bridgehead atoms. The maximum Gasteiger partial charge on any atom is 0.272 e. The van der Waals surface area contributed by atoms with E-state index in [2.05, 4.69) is 15.0 Å². The van der Waals surface area contributed by atoms with E-state index in [0.29, 0.717) is 5.69 Å². The molecule has 6 nitrogen and oxygen atoms in total. The molecule has 6 heteroatoms. The molecule has 24 heavy (non-hydrogen) atoms. The summed E-state index contributed by atoms with van der Waals surface area (Å²) in [6, 6.07) is 8.11. The van der Waals surface area contributed by atoms with Crippen LogP contribution in [0.15, 0.2) is 36.7 Å². The Balaban J connectivity index is 1.73. The van der Waals surface area contributed by atoms with Gasteiger partial charge in [0.25, 0.3) is 5.91 Å². The summed E-state index contributed by atoms with van der Waals surface area (Å²) in [5, 5.41) is 4.28. The molecule has 1 fully saturated rings. The van der Waals surface area contributed by atoms with Gasteiger partial charge in [-0.25, -0.2) is 4.98 Å². The van der Waals surface area contributed by atoms with E-state index >= 15 is 0 Å². The van der Waals surface area contributed by atoms with Crippen LogP contribution in [0.5, 0.6) is 0 Å². The van der Waals surface area contributed by atoms with Gasteiger partial charge in [0, 0.05) is 44.6 Å². The van der Waals surface area contributed by atoms with E-state index in [9.17, 15) is 4.79 Å². The highest BCUT2D eigenvalue weighted by atomic mass is 16.2. The number of nitrogens with zero attached hydrogens (tertiary/aromatic N) is 5. The average Bonchev–Trinajstić information content (AvgIpc) is 3.11. The van der Waals surface area contributed by atoms with E-state index < -0.39 is 0 Å². The second kappa shape index (κ2) is 7.03. The summed E-state index contributed by atoms with van der Waals surface area (Å²) in [4.78, 5) is 21.5. The lowest BCUT2D eigenvalue weighted by atomic mass is 10.0. The Morgan fingerprint density at radius 2 is 2.12 bits per heavy atom. The van der Waals surface area contributed by atoms with E-state index in [0.717, 1.165) is 31.7 Å². The number of hydrogen-bond donors (Lipinski definition) is 0. The van der Waals surface area contributed by atoms with Gasteiger partial charge in [-0.15, -0.1) is 0 Å². The van der Waals surface area contributed by atoms with Crippen LogP contribution in [0.25, 0.3) is 0 Å². The summed E-state index contributed by atoms with van der Waals surface area (Å²) in [7, 11) is 1.90. The SMILES string of the molecule is CC(C)n1nccc1C(=O)N(C)[C@@H]1CCCN(c2ccccn2)C1. The highest BCUT2D eigenvalue weighted by molar-refractivity contribution is 5.92. The van der Waals surface area contributed by atoms with Crippen molar-refractivity contribution in [2.75, 3.05) is 25.0 Å². The number of carbonyl (C=O) groups is 1. The monoisotopic (exact) mass is 327 g/mol. The number of amides is 1. The minimum atomic E-state index is 0.0362. The van der Waals surface area contributed by atoms with Crippen LogP contribution in [0.4, 0.5) is 5.82 Å². The molecule has 0 saturated carbocycles. The molecule has 3 rings (SSSR count). The summed E-state index contributed by atoms with van der Waals surface area (Å²) in [6.45, 7) is 5.87. The number of piperidine rings is 1. The van der Waals surface area contributed by atoms with Crippen molar-refractivity contribution in [3.8, 4) is 0 Å². The van der Waals surface area contributed by atoms with Crippen LogP contribution >= 0.6 is 0 Å². The van der Waals surface area contributed by atoms with Gasteiger partial charge >= 0.3 is 0 Å². The molecule has 3 heterocycles. The molecule has 1 saturated heterocycles. The van der Waals surface area contributed by atoms with Gasteiger partial charge in [0.05, 0.1) is 0 Å². The van der Waals surface area contributed by atoms with E-state index in [4.69, 9.17) is 0 Å². The number of pyridine rings is 1. The second-order valence-electron chi connectivity index (χ2n) is 6.60. The molecule has 0 aromatic carbocycles. The summed E-state index contributed by atoms with van der Waals surface area (Å²) in [5.41, 5.74) is 0.655. The van der Waals surface area contributed by atoms with Crippen molar-refractivity contribution in [1.82, 2.24) is 19.7 Å². The van der Waals surface area contributed by atoms with Gasteiger partial charge in [-0.05, 0) is 44.9 Å². The molecule has 128 valence electrons. The lowest BCUT2D eigenvalue weighted by molar-refractivity contribution is 0.0702. The van der Waals surface area contributed by atoms with Gasteiger partial charge in [-0.3, -0.25) is 9.48 Å². The molecular weight excluding hydrogens is 302 g/mol. The Morgan fingerprint density at radius 3 is 2.83 bits per heavy atom. The molecule has 0 radical (unpaired) electrons. The van der Waals surface area contributed by atoms with Crippen molar-refractivity contribution >= 4 is 11.7 Å². The molecule has 0 spiro atoms. The van der Waals surface area contributed by atoms with Crippen molar-refractivity contribution in [3.05, 3.63) is 42.4 Å². The Morgan fingerprint density at radius 1 is 1.29 bits per heavy atom. The zero-order valence-corrected chi connectivity index (χ0v) is 14.6. The topological polar surface area (TPSA) is 54.3 Å². The zero-order chi connectivity index (χ0) is 17.1. The fraction of sp³-hybridized carbons (Fsp3) is 0.500. The lowest BCUT2D eigenvalue weighted by Crippen LogP contribution is -2.49. The maximum absolute atomic E-state index is 12.9. The predicted octanol–water partition coefficient (Wildman–Crippen LogP) is 2.60. The number of carbonyl (C=O) groups excluding carboxylic acids is 1. The highest BCUT2D eigenvalue weighted by Crippen LogP contribution is 2.21. The average molecular weight is 327 g/mol. The minimum absolute atomic E-state index is 0.0362. The molecule has 0 N–H and O–H groups in total. The van der Waals surface area contributed by atoms with E-state index in [1.54, 1.807) is 16.9 Å². The van der Waals surface area contributed by atoms with Crippen molar-refractivity contribution in [1.29, 1.82) is 0 Å². The van der Waals surface area contributed by atoms with Gasteiger partial charge in [-0.2, -0.15) is 5.10 Å². The van der Waals surface area contributed by atoms with Crippen LogP contribution in [0.3, 0.4) is 0 Å². The first-order chi connectivity index (χ1) is 11.6. The van der Waals surface area contributed by atoms with E-state index in [1.807, 2.05) is 50.2 Å². The van der Waals surface area contributed by atoms with Crippen LogP contribution in [0.2, 0.25) is 0 Å². The van der Waals surface area contributed by atoms with E-state index in [-0.39, 0.29) is 18.0 Å². The molecule has 2 aromatic rings. The van der Waals surface area contributed by atoms with Crippen LogP contribution in [0, 0.1) is 0 Å². The summed E-state index contributed by atoms with van der Waals surface area (Å²) < 4.78 is 1.79. The minimum Gasteiger partial charge on any atom is -0.355 e. The quantitative estimate of drug-likeness (QED) is 0.866. The number of aromatic nitrogens is 3. The summed E-state index contributed by atoms with van der Waals surface area (Å²) >= 11 is 0. The fourth-order valence-electron chi connectivity index (χ4n) is 3.26. The fourth-order valence-corrected chi connectivity index (χ4v) is 3.26. The van der Waals surface area contributed by atoms with Crippen molar-refractivity contribution in [3.63, 3.8) is 0 Å². The lowest BCUT2D eigenvalue weighted by Gasteiger charge is -2.38. The summed E-state index contributed by atoms with van der Waals surface area (Å²) in [6.07, 6.45) is 5.58. The Bertz CT molecular complexity index is 682. The van der Waals surface area contributed by atoms with Gasteiger partial charge in [0.2, 0.25) is 0 Å². The Hall–Kier alpha value is -2.37. The largest absolute Gasteiger partial charge is 0.355 e. The third-order valence-corrected chi connectivity index (χ3v) is 4.62. The molecule has 1 aliphatic rings. The van der Waals surface area contributed by atoms with Crippen molar-refractivity contribution in [2.24, 2.45) is 0 Å². The third-order valence-electron chi connectivity index (χ3n) is 4.62. The first-order valence-corrected chi connectivity index (χ1v) is 8.54. The highest BCUT2D eigenvalue weighted by Gasteiger charge is 2.28. The number of anilines is 1. The van der Waals surface area contributed by atoms with Crippen LogP contribution in [-0.4, -0.2) is 51.8 Å². The third kappa shape index (κ3) is 3.27. The summed E-state index contributed by atoms with van der Waals surface area (Å²) in [5.74, 6) is 1.02. The van der Waals surface area contributed by atoms with Gasteiger partial charge in [-0.1, -0.05) is 6.07 Å². The second-order valence-corrected chi connectivity index (χ2v) is 6.60. The number of likely N-dealkylation sites (N-methyl/N-ethyl adjacent to an activating group) is 1. The Kier molecular flexibility index (Phi) is 4.83. The molecule has 1 amide bonds. The smallest absolute Gasteiger partial charge is 0.272 e. The zero-order valence-electron chi connectivity index (χ0n) is 14.6. The van der Waals surface area contributed by atoms with Gasteiger partial charge < -0.3 is 9.80 Å². The van der Waals surface area contributed by atoms with Crippen LogP contribution in [0.1, 0.15) is 43.2 Å². The first kappa shape index (κ1) is 16.5. The predicted molar refractivity (Wildman–Crippen MR) is 94.2 cm³/mol. The normalized spacial score (nSPS) is 18.0. The molecule has 0 unspecified atom stereocenters. The molecular formula is C18H25N5O. The Labute approximate surface area is 143 Å². The molecule has 0 aliphatic carbocycles. The first-order valence-electron chi connectivity index (χ1n) is 8.54. The maximum atomic E-state index is 12.9.